The summed E-state index contributed by atoms with van der Waals surface area (Å²) in [6, 6.07) is 1.91. The molecule has 2 saturated carbocycles. The molecule has 86 valence electrons. The average molecular weight is 207 g/mol. The Labute approximate surface area is 94.2 Å². The van der Waals surface area contributed by atoms with Crippen LogP contribution in [0.25, 0.3) is 0 Å². The summed E-state index contributed by atoms with van der Waals surface area (Å²) in [5, 5.41) is 0. The number of nitrogens with zero attached hydrogens (tertiary/aromatic N) is 1. The Morgan fingerprint density at radius 2 is 1.20 bits per heavy atom. The molecule has 3 rings (SSSR count). The van der Waals surface area contributed by atoms with E-state index < -0.39 is 0 Å². The molecule has 15 heavy (non-hydrogen) atoms. The quantitative estimate of drug-likeness (QED) is 0.588. The van der Waals surface area contributed by atoms with Crippen LogP contribution >= 0.6 is 0 Å². The Morgan fingerprint density at radius 3 is 1.73 bits per heavy atom. The van der Waals surface area contributed by atoms with Crippen molar-refractivity contribution in [1.29, 1.82) is 0 Å². The average Bonchev–Trinajstić information content (AvgIpc) is 2.30. The lowest BCUT2D eigenvalue weighted by Crippen LogP contribution is -2.54. The number of hydrogen-bond acceptors (Lipinski definition) is 1. The summed E-state index contributed by atoms with van der Waals surface area (Å²) < 4.78 is 0. The number of likely N-dealkylation sites (tertiary alicyclic amines) is 1. The molecule has 2 aliphatic carbocycles. The normalized spacial score (nSPS) is 47.0. The van der Waals surface area contributed by atoms with Gasteiger partial charge in [-0.2, -0.15) is 0 Å². The second-order valence-electron chi connectivity index (χ2n) is 6.12. The van der Waals surface area contributed by atoms with Crippen molar-refractivity contribution in [3.8, 4) is 0 Å². The molecule has 0 amide bonds. The first kappa shape index (κ1) is 10.1. The van der Waals surface area contributed by atoms with Crippen LogP contribution in [0.15, 0.2) is 0 Å². The highest BCUT2D eigenvalue weighted by Crippen LogP contribution is 2.44. The Morgan fingerprint density at radius 1 is 0.733 bits per heavy atom. The Hall–Kier alpha value is -0.0400. The Balaban J connectivity index is 1.76. The molecule has 0 unspecified atom stereocenters. The van der Waals surface area contributed by atoms with Crippen molar-refractivity contribution in [1.82, 2.24) is 4.90 Å². The van der Waals surface area contributed by atoms with E-state index in [4.69, 9.17) is 0 Å². The van der Waals surface area contributed by atoms with Crippen molar-refractivity contribution in [3.63, 3.8) is 0 Å². The molecule has 1 heteroatoms. The lowest BCUT2D eigenvalue weighted by Gasteiger charge is -2.52. The van der Waals surface area contributed by atoms with E-state index in [9.17, 15) is 0 Å². The number of hydrogen-bond donors (Lipinski definition) is 0. The van der Waals surface area contributed by atoms with E-state index in [0.29, 0.717) is 0 Å². The SMILES string of the molecule is CN1[C@@H]2CCCC[C@H]2C[C@@H]2CCCC[C@@H]21. The molecule has 0 aromatic carbocycles. The second kappa shape index (κ2) is 4.08. The van der Waals surface area contributed by atoms with Crippen LogP contribution in [-0.2, 0) is 0 Å². The highest BCUT2D eigenvalue weighted by atomic mass is 15.2. The zero-order valence-corrected chi connectivity index (χ0v) is 10.1. The molecule has 3 fully saturated rings. The molecule has 3 aliphatic rings. The maximum atomic E-state index is 2.79. The molecule has 0 radical (unpaired) electrons. The first-order valence-electron chi connectivity index (χ1n) is 7.08. The third kappa shape index (κ3) is 1.73. The van der Waals surface area contributed by atoms with Crippen LogP contribution in [0.5, 0.6) is 0 Å². The third-order valence-corrected chi connectivity index (χ3v) is 5.39. The Bertz CT molecular complexity index is 203. The van der Waals surface area contributed by atoms with Gasteiger partial charge in [0.25, 0.3) is 0 Å². The number of fused-ring (bicyclic) bond motifs is 2. The highest BCUT2D eigenvalue weighted by molar-refractivity contribution is 4.96. The molecule has 0 bridgehead atoms. The molecular formula is C14H25N. The molecule has 1 aliphatic heterocycles. The Kier molecular flexibility index (Phi) is 2.76. The van der Waals surface area contributed by atoms with Gasteiger partial charge in [0.15, 0.2) is 0 Å². The summed E-state index contributed by atoms with van der Waals surface area (Å²) in [6.45, 7) is 0. The van der Waals surface area contributed by atoms with E-state index >= 15 is 0 Å². The predicted octanol–water partition coefficient (Wildman–Crippen LogP) is 3.44. The molecule has 0 aromatic heterocycles. The maximum Gasteiger partial charge on any atom is 0.0124 e. The van der Waals surface area contributed by atoms with Crippen molar-refractivity contribution < 1.29 is 0 Å². The summed E-state index contributed by atoms with van der Waals surface area (Å²) in [5.74, 6) is 2.12. The van der Waals surface area contributed by atoms with Crippen LogP contribution in [-0.4, -0.2) is 24.0 Å². The van der Waals surface area contributed by atoms with Crippen LogP contribution < -0.4 is 0 Å². The van der Waals surface area contributed by atoms with E-state index in [2.05, 4.69) is 11.9 Å². The molecule has 0 spiro atoms. The largest absolute Gasteiger partial charge is 0.300 e. The molecule has 0 aromatic rings. The van der Waals surface area contributed by atoms with Gasteiger partial charge in [-0.05, 0) is 51.0 Å². The smallest absolute Gasteiger partial charge is 0.0124 e. The van der Waals surface area contributed by atoms with Crippen molar-refractivity contribution in [3.05, 3.63) is 0 Å². The minimum atomic E-state index is 0.957. The monoisotopic (exact) mass is 207 g/mol. The van der Waals surface area contributed by atoms with Gasteiger partial charge in [0.1, 0.15) is 0 Å². The van der Waals surface area contributed by atoms with Crippen LogP contribution in [0.4, 0.5) is 0 Å². The number of piperidine rings is 1. The minimum Gasteiger partial charge on any atom is -0.300 e. The lowest BCUT2D eigenvalue weighted by molar-refractivity contribution is -0.0208. The van der Waals surface area contributed by atoms with Gasteiger partial charge in [0.05, 0.1) is 0 Å². The standard InChI is InChI=1S/C14H25N/c1-15-13-8-4-2-6-11(13)10-12-7-3-5-9-14(12)15/h11-14H,2-10H2,1H3/t11-,12-,13-,14+/m0/s1. The summed E-state index contributed by atoms with van der Waals surface area (Å²) in [7, 11) is 2.42. The molecular weight excluding hydrogens is 182 g/mol. The fraction of sp³-hybridized carbons (Fsp3) is 1.00. The molecule has 1 saturated heterocycles. The van der Waals surface area contributed by atoms with Crippen LogP contribution in [0.1, 0.15) is 57.8 Å². The second-order valence-corrected chi connectivity index (χ2v) is 6.12. The summed E-state index contributed by atoms with van der Waals surface area (Å²) in [6.07, 6.45) is 13.6. The van der Waals surface area contributed by atoms with E-state index in [0.717, 1.165) is 23.9 Å². The molecule has 0 N–H and O–H groups in total. The van der Waals surface area contributed by atoms with E-state index in [1.165, 1.54) is 51.4 Å². The summed E-state index contributed by atoms with van der Waals surface area (Å²) in [4.78, 5) is 2.79. The maximum absolute atomic E-state index is 2.79. The van der Waals surface area contributed by atoms with Gasteiger partial charge in [0, 0.05) is 12.1 Å². The van der Waals surface area contributed by atoms with Gasteiger partial charge in [0.2, 0.25) is 0 Å². The van der Waals surface area contributed by atoms with Crippen LogP contribution in [0.3, 0.4) is 0 Å². The minimum absolute atomic E-state index is 0.957. The zero-order valence-electron chi connectivity index (χ0n) is 10.1. The lowest BCUT2D eigenvalue weighted by atomic mass is 9.68. The van der Waals surface area contributed by atoms with Gasteiger partial charge < -0.3 is 0 Å². The molecule has 4 atom stereocenters. The van der Waals surface area contributed by atoms with Crippen molar-refractivity contribution in [2.45, 2.75) is 69.9 Å². The molecule has 1 heterocycles. The van der Waals surface area contributed by atoms with E-state index in [1.54, 1.807) is 6.42 Å². The fourth-order valence-corrected chi connectivity index (χ4v) is 4.63. The number of rotatable bonds is 0. The topological polar surface area (TPSA) is 3.24 Å². The van der Waals surface area contributed by atoms with Gasteiger partial charge in [-0.15, -0.1) is 0 Å². The van der Waals surface area contributed by atoms with E-state index in [-0.39, 0.29) is 0 Å². The van der Waals surface area contributed by atoms with Gasteiger partial charge in [-0.25, -0.2) is 0 Å². The highest BCUT2D eigenvalue weighted by Gasteiger charge is 2.42. The van der Waals surface area contributed by atoms with Gasteiger partial charge in [-0.1, -0.05) is 25.7 Å². The predicted molar refractivity (Wildman–Crippen MR) is 63.9 cm³/mol. The summed E-state index contributed by atoms with van der Waals surface area (Å²) >= 11 is 0. The van der Waals surface area contributed by atoms with Crippen LogP contribution in [0, 0.1) is 11.8 Å². The first-order chi connectivity index (χ1) is 7.36. The van der Waals surface area contributed by atoms with Crippen molar-refractivity contribution in [2.24, 2.45) is 11.8 Å². The van der Waals surface area contributed by atoms with E-state index in [1.807, 2.05) is 0 Å². The first-order valence-corrected chi connectivity index (χ1v) is 7.08. The van der Waals surface area contributed by atoms with Gasteiger partial charge >= 0.3 is 0 Å². The zero-order chi connectivity index (χ0) is 10.3. The van der Waals surface area contributed by atoms with Crippen LogP contribution in [0.2, 0.25) is 0 Å². The van der Waals surface area contributed by atoms with Crippen molar-refractivity contribution >= 4 is 0 Å². The van der Waals surface area contributed by atoms with Gasteiger partial charge in [-0.3, -0.25) is 4.90 Å². The van der Waals surface area contributed by atoms with Crippen molar-refractivity contribution in [2.75, 3.05) is 7.05 Å². The summed E-state index contributed by atoms with van der Waals surface area (Å²) in [5.41, 5.74) is 0. The fourth-order valence-electron chi connectivity index (χ4n) is 4.63. The third-order valence-electron chi connectivity index (χ3n) is 5.39. The molecule has 1 nitrogen and oxygen atoms in total.